The fraction of sp³-hybridized carbons (Fsp3) is 0.318. The van der Waals surface area contributed by atoms with Crippen molar-refractivity contribution in [3.05, 3.63) is 65.5 Å². The third kappa shape index (κ3) is 3.32. The molecule has 0 spiro atoms. The number of hydrogen-bond acceptors (Lipinski definition) is 2. The first-order valence-electron chi connectivity index (χ1n) is 8.92. The smallest absolute Gasteiger partial charge is 0.190 e. The average molecular weight is 336 g/mol. The van der Waals surface area contributed by atoms with E-state index >= 15 is 0 Å². The summed E-state index contributed by atoms with van der Waals surface area (Å²) < 4.78 is 14.2. The second kappa shape index (κ2) is 7.56. The first kappa shape index (κ1) is 17.3. The summed E-state index contributed by atoms with van der Waals surface area (Å²) in [6.45, 7) is 10.5. The molecule has 0 aromatic heterocycles. The highest BCUT2D eigenvalue weighted by Gasteiger charge is 2.31. The molecule has 1 aliphatic carbocycles. The molecule has 25 heavy (non-hydrogen) atoms. The molecule has 1 heterocycles. The Hall–Kier alpha value is -2.55. The lowest BCUT2D eigenvalue weighted by Gasteiger charge is -2.06. The highest BCUT2D eigenvalue weighted by molar-refractivity contribution is 5.79. The van der Waals surface area contributed by atoms with Gasteiger partial charge in [0.25, 0.3) is 0 Å². The molecule has 1 aromatic rings. The number of fused-ring (bicyclic) bond motifs is 1. The van der Waals surface area contributed by atoms with Gasteiger partial charge in [0.2, 0.25) is 0 Å². The Balaban J connectivity index is 2.22. The molecule has 0 amide bonds. The van der Waals surface area contributed by atoms with Crippen LogP contribution in [-0.4, -0.2) is 13.2 Å². The molecule has 0 radical (unpaired) electrons. The van der Waals surface area contributed by atoms with Crippen LogP contribution in [0.4, 0.5) is 0 Å². The van der Waals surface area contributed by atoms with Crippen LogP contribution in [0.15, 0.2) is 48.5 Å². The van der Waals surface area contributed by atoms with Crippen LogP contribution in [0, 0.1) is 13.8 Å². The number of hydrogen-bond donors (Lipinski definition) is 0. The molecule has 3 nitrogen and oxygen atoms in total. The van der Waals surface area contributed by atoms with Crippen LogP contribution in [0.25, 0.3) is 11.1 Å². The summed E-state index contributed by atoms with van der Waals surface area (Å²) in [5.41, 5.74) is 5.98. The maximum Gasteiger partial charge on any atom is 0.190 e. The van der Waals surface area contributed by atoms with Gasteiger partial charge in [0.1, 0.15) is 22.6 Å². The third-order valence-electron chi connectivity index (χ3n) is 4.55. The maximum atomic E-state index is 5.94. The largest absolute Gasteiger partial charge is 0.493 e. The van der Waals surface area contributed by atoms with E-state index < -0.39 is 0 Å². The molecule has 1 aliphatic heterocycles. The van der Waals surface area contributed by atoms with Gasteiger partial charge in [-0.15, -0.1) is 0 Å². The van der Waals surface area contributed by atoms with E-state index in [2.05, 4.69) is 48.7 Å². The van der Waals surface area contributed by atoms with Crippen molar-refractivity contribution in [3.63, 3.8) is 0 Å². The van der Waals surface area contributed by atoms with Crippen molar-refractivity contribution < 1.29 is 14.0 Å². The van der Waals surface area contributed by atoms with Gasteiger partial charge in [-0.25, -0.2) is 0 Å². The monoisotopic (exact) mass is 336 g/mol. The van der Waals surface area contributed by atoms with E-state index in [0.29, 0.717) is 13.2 Å². The second-order valence-corrected chi connectivity index (χ2v) is 6.11. The zero-order chi connectivity index (χ0) is 17.8. The first-order chi connectivity index (χ1) is 12.2. The van der Waals surface area contributed by atoms with Gasteiger partial charge in [0.05, 0.1) is 13.2 Å². The van der Waals surface area contributed by atoms with Crippen molar-refractivity contribution in [2.24, 2.45) is 0 Å². The van der Waals surface area contributed by atoms with Gasteiger partial charge in [-0.1, -0.05) is 36.4 Å². The predicted octanol–water partition coefficient (Wildman–Crippen LogP) is 4.54. The van der Waals surface area contributed by atoms with Crippen molar-refractivity contribution in [2.45, 2.75) is 34.2 Å². The summed E-state index contributed by atoms with van der Waals surface area (Å²) in [5.74, 6) is 1.83. The van der Waals surface area contributed by atoms with Crippen molar-refractivity contribution in [2.75, 3.05) is 13.2 Å². The number of aromatic nitrogens is 1. The number of nitrogens with zero attached hydrogens (tertiary/aromatic N) is 1. The molecule has 0 saturated carbocycles. The van der Waals surface area contributed by atoms with Crippen molar-refractivity contribution in [3.8, 4) is 22.6 Å². The first-order valence-corrected chi connectivity index (χ1v) is 8.92. The minimum Gasteiger partial charge on any atom is -0.493 e. The van der Waals surface area contributed by atoms with Gasteiger partial charge in [-0.05, 0) is 26.0 Å². The summed E-state index contributed by atoms with van der Waals surface area (Å²) in [7, 11) is 0. The fourth-order valence-electron chi connectivity index (χ4n) is 3.43. The lowest BCUT2D eigenvalue weighted by molar-refractivity contribution is -0.695. The van der Waals surface area contributed by atoms with E-state index in [1.54, 1.807) is 0 Å². The van der Waals surface area contributed by atoms with Crippen LogP contribution >= 0.6 is 0 Å². The summed E-state index contributed by atoms with van der Waals surface area (Å²) >= 11 is 0. The Bertz CT molecular complexity index is 781. The summed E-state index contributed by atoms with van der Waals surface area (Å²) in [6, 6.07) is 16.6. The Kier molecular flexibility index (Phi) is 5.22. The SMILES string of the molecule is CCOc1cccc(OCC)c2c(C)[n+](Cc3ccccc3)c(C)c1-2. The van der Waals surface area contributed by atoms with Crippen LogP contribution in [0.1, 0.15) is 30.8 Å². The fourth-order valence-corrected chi connectivity index (χ4v) is 3.43. The van der Waals surface area contributed by atoms with Gasteiger partial charge in [-0.3, -0.25) is 0 Å². The van der Waals surface area contributed by atoms with E-state index in [1.165, 1.54) is 17.0 Å². The third-order valence-corrected chi connectivity index (χ3v) is 4.55. The summed E-state index contributed by atoms with van der Waals surface area (Å²) in [5, 5.41) is 0. The zero-order valence-corrected chi connectivity index (χ0v) is 15.5. The van der Waals surface area contributed by atoms with Gasteiger partial charge < -0.3 is 9.47 Å². The highest BCUT2D eigenvalue weighted by atomic mass is 16.5. The van der Waals surface area contributed by atoms with E-state index in [9.17, 15) is 0 Å². The minimum absolute atomic E-state index is 0.644. The molecule has 0 unspecified atom stereocenters. The van der Waals surface area contributed by atoms with Crippen molar-refractivity contribution in [1.29, 1.82) is 0 Å². The van der Waals surface area contributed by atoms with E-state index in [1.807, 2.05) is 32.0 Å². The number of benzene rings is 1. The maximum absolute atomic E-state index is 5.94. The Morgan fingerprint density at radius 2 is 1.24 bits per heavy atom. The van der Waals surface area contributed by atoms with Crippen molar-refractivity contribution >= 4 is 0 Å². The van der Waals surface area contributed by atoms with Crippen LogP contribution in [0.3, 0.4) is 0 Å². The van der Waals surface area contributed by atoms with Crippen LogP contribution in [0.2, 0.25) is 0 Å². The zero-order valence-electron chi connectivity index (χ0n) is 15.5. The van der Waals surface area contributed by atoms with Gasteiger partial charge >= 0.3 is 0 Å². The van der Waals surface area contributed by atoms with E-state index in [0.717, 1.165) is 29.2 Å². The van der Waals surface area contributed by atoms with Gasteiger partial charge in [0, 0.05) is 19.4 Å². The molecule has 130 valence electrons. The number of rotatable bonds is 6. The lowest BCUT2D eigenvalue weighted by atomic mass is 10.1. The van der Waals surface area contributed by atoms with Crippen LogP contribution in [-0.2, 0) is 6.54 Å². The van der Waals surface area contributed by atoms with Crippen LogP contribution in [0.5, 0.6) is 11.5 Å². The Labute approximate surface area is 150 Å². The molecule has 3 rings (SSSR count). The molecule has 0 bridgehead atoms. The average Bonchev–Trinajstić information content (AvgIpc) is 2.76. The quantitative estimate of drug-likeness (QED) is 0.617. The molecule has 2 aliphatic rings. The van der Waals surface area contributed by atoms with Gasteiger partial charge in [-0.2, -0.15) is 4.57 Å². The molecule has 3 heteroatoms. The molecular weight excluding hydrogens is 310 g/mol. The van der Waals surface area contributed by atoms with Crippen molar-refractivity contribution in [1.82, 2.24) is 0 Å². The van der Waals surface area contributed by atoms with Crippen LogP contribution < -0.4 is 14.0 Å². The highest BCUT2D eigenvalue weighted by Crippen LogP contribution is 2.41. The standard InChI is InChI=1S/C22H26NO2/c1-5-24-19-13-10-14-20(25-6-2)22-17(4)23(16(3)21(19)22)15-18-11-8-7-9-12-18/h7-14H,5-6,15H2,1-4H3/q+1. The Morgan fingerprint density at radius 1 is 0.720 bits per heavy atom. The topological polar surface area (TPSA) is 22.3 Å². The van der Waals surface area contributed by atoms with E-state index in [-0.39, 0.29) is 0 Å². The summed E-state index contributed by atoms with van der Waals surface area (Å²) in [4.78, 5) is 0. The molecule has 0 fully saturated rings. The molecule has 0 saturated heterocycles. The molecule has 1 aromatic carbocycles. The predicted molar refractivity (Wildman–Crippen MR) is 101 cm³/mol. The van der Waals surface area contributed by atoms with Gasteiger partial charge in [0.15, 0.2) is 17.9 Å². The normalized spacial score (nSPS) is 10.9. The molecular formula is C22H26NO2+. The van der Waals surface area contributed by atoms with E-state index in [4.69, 9.17) is 9.47 Å². The molecule has 0 atom stereocenters. The lowest BCUT2D eigenvalue weighted by Crippen LogP contribution is -2.37. The molecule has 0 N–H and O–H groups in total. The number of ether oxygens (including phenoxy) is 2. The second-order valence-electron chi connectivity index (χ2n) is 6.11. The minimum atomic E-state index is 0.644. The summed E-state index contributed by atoms with van der Waals surface area (Å²) in [6.07, 6.45) is 0. The Morgan fingerprint density at radius 3 is 1.72 bits per heavy atom.